The Morgan fingerprint density at radius 3 is 1.96 bits per heavy atom. The molecule has 0 saturated carbocycles. The predicted molar refractivity (Wildman–Crippen MR) is 103 cm³/mol. The summed E-state index contributed by atoms with van der Waals surface area (Å²) in [5.41, 5.74) is 7.31. The van der Waals surface area contributed by atoms with Crippen molar-refractivity contribution >= 4 is 33.6 Å². The zero-order valence-electron chi connectivity index (χ0n) is 14.9. The standard InChI is InChI=1S/C21H23N3O2/c1-14(23-12-10-15(11-13-23)20(22)25)21(26)24-18-8-4-2-6-16(18)17-7-3-5-9-19(17)24/h2-9,14-15H,10-13H2,1H3,(H2,22,25)/t14-/m1/s1. The van der Waals surface area contributed by atoms with Gasteiger partial charge in [0.25, 0.3) is 0 Å². The number of likely N-dealkylation sites (tertiary alicyclic amines) is 1. The van der Waals surface area contributed by atoms with Gasteiger partial charge in [-0.2, -0.15) is 0 Å². The molecule has 0 bridgehead atoms. The molecule has 1 fully saturated rings. The number of benzene rings is 2. The van der Waals surface area contributed by atoms with Gasteiger partial charge < -0.3 is 5.73 Å². The van der Waals surface area contributed by atoms with Crippen LogP contribution in [-0.2, 0) is 4.79 Å². The SMILES string of the molecule is C[C@H](C(=O)n1c2ccccc2c2ccccc21)N1CCC(C(N)=O)CC1. The largest absolute Gasteiger partial charge is 0.369 e. The van der Waals surface area contributed by atoms with Crippen molar-refractivity contribution < 1.29 is 9.59 Å². The fourth-order valence-corrected chi connectivity index (χ4v) is 4.07. The molecule has 2 N–H and O–H groups in total. The molecule has 2 aromatic carbocycles. The predicted octanol–water partition coefficient (Wildman–Crippen LogP) is 3.02. The minimum atomic E-state index is -0.247. The third kappa shape index (κ3) is 2.69. The van der Waals surface area contributed by atoms with Gasteiger partial charge >= 0.3 is 0 Å². The van der Waals surface area contributed by atoms with Crippen molar-refractivity contribution in [2.75, 3.05) is 13.1 Å². The molecule has 1 aliphatic rings. The number of carbonyl (C=O) groups is 2. The van der Waals surface area contributed by atoms with Crippen LogP contribution in [0, 0.1) is 5.92 Å². The van der Waals surface area contributed by atoms with Gasteiger partial charge in [-0.15, -0.1) is 0 Å². The van der Waals surface area contributed by atoms with E-state index in [9.17, 15) is 9.59 Å². The summed E-state index contributed by atoms with van der Waals surface area (Å²) in [6.07, 6.45) is 1.44. The van der Waals surface area contributed by atoms with Crippen molar-refractivity contribution in [2.45, 2.75) is 25.8 Å². The quantitative estimate of drug-likeness (QED) is 0.790. The lowest BCUT2D eigenvalue weighted by molar-refractivity contribution is -0.123. The molecule has 1 atom stereocenters. The van der Waals surface area contributed by atoms with Crippen molar-refractivity contribution in [3.8, 4) is 0 Å². The van der Waals surface area contributed by atoms with Gasteiger partial charge in [-0.25, -0.2) is 0 Å². The highest BCUT2D eigenvalue weighted by Crippen LogP contribution is 2.29. The van der Waals surface area contributed by atoms with E-state index in [2.05, 4.69) is 17.0 Å². The molecule has 26 heavy (non-hydrogen) atoms. The molecule has 1 amide bonds. The summed E-state index contributed by atoms with van der Waals surface area (Å²) < 4.78 is 1.84. The smallest absolute Gasteiger partial charge is 0.248 e. The van der Waals surface area contributed by atoms with Crippen LogP contribution in [0.25, 0.3) is 21.8 Å². The minimum Gasteiger partial charge on any atom is -0.369 e. The Kier molecular flexibility index (Phi) is 4.24. The average molecular weight is 349 g/mol. The van der Waals surface area contributed by atoms with Crippen LogP contribution < -0.4 is 5.73 Å². The summed E-state index contributed by atoms with van der Waals surface area (Å²) >= 11 is 0. The number of nitrogens with two attached hydrogens (primary N) is 1. The Morgan fingerprint density at radius 1 is 0.962 bits per heavy atom. The molecule has 2 heterocycles. The lowest BCUT2D eigenvalue weighted by atomic mass is 9.95. The topological polar surface area (TPSA) is 68.3 Å². The number of nitrogens with zero attached hydrogens (tertiary/aromatic N) is 2. The van der Waals surface area contributed by atoms with Crippen molar-refractivity contribution in [1.29, 1.82) is 0 Å². The first-order valence-corrected chi connectivity index (χ1v) is 9.13. The van der Waals surface area contributed by atoms with E-state index in [0.717, 1.165) is 47.7 Å². The first-order valence-electron chi connectivity index (χ1n) is 9.13. The molecule has 1 saturated heterocycles. The molecule has 3 aromatic rings. The number of carbonyl (C=O) groups excluding carboxylic acids is 2. The van der Waals surface area contributed by atoms with Crippen LogP contribution in [0.3, 0.4) is 0 Å². The highest BCUT2D eigenvalue weighted by Gasteiger charge is 2.30. The van der Waals surface area contributed by atoms with Crippen LogP contribution in [0.1, 0.15) is 24.6 Å². The Balaban J connectivity index is 1.69. The van der Waals surface area contributed by atoms with Gasteiger partial charge in [-0.05, 0) is 45.0 Å². The molecule has 0 spiro atoms. The second kappa shape index (κ2) is 6.57. The maximum absolute atomic E-state index is 13.4. The second-order valence-electron chi connectivity index (χ2n) is 7.10. The van der Waals surface area contributed by atoms with E-state index in [1.807, 2.05) is 47.9 Å². The number of fused-ring (bicyclic) bond motifs is 3. The Hall–Kier alpha value is -2.66. The molecule has 5 nitrogen and oxygen atoms in total. The number of piperidine rings is 1. The Labute approximate surface area is 152 Å². The highest BCUT2D eigenvalue weighted by molar-refractivity contribution is 6.13. The van der Waals surface area contributed by atoms with Gasteiger partial charge in [-0.3, -0.25) is 19.1 Å². The highest BCUT2D eigenvalue weighted by atomic mass is 16.2. The van der Waals surface area contributed by atoms with E-state index in [1.54, 1.807) is 0 Å². The molecule has 134 valence electrons. The number of amides is 1. The normalized spacial score (nSPS) is 17.6. The van der Waals surface area contributed by atoms with E-state index >= 15 is 0 Å². The molecule has 1 aliphatic heterocycles. The van der Waals surface area contributed by atoms with Crippen molar-refractivity contribution in [1.82, 2.24) is 9.47 Å². The van der Waals surface area contributed by atoms with Crippen LogP contribution in [0.2, 0.25) is 0 Å². The van der Waals surface area contributed by atoms with E-state index in [1.165, 1.54) is 0 Å². The van der Waals surface area contributed by atoms with Crippen LogP contribution in [0.5, 0.6) is 0 Å². The van der Waals surface area contributed by atoms with Gasteiger partial charge in [0.2, 0.25) is 11.8 Å². The van der Waals surface area contributed by atoms with Crippen molar-refractivity contribution in [2.24, 2.45) is 11.7 Å². The molecule has 0 aliphatic carbocycles. The summed E-state index contributed by atoms with van der Waals surface area (Å²) in [4.78, 5) is 26.9. The molecule has 5 heteroatoms. The van der Waals surface area contributed by atoms with Crippen LogP contribution in [0.4, 0.5) is 0 Å². The van der Waals surface area contributed by atoms with E-state index in [-0.39, 0.29) is 23.8 Å². The van der Waals surface area contributed by atoms with E-state index < -0.39 is 0 Å². The van der Waals surface area contributed by atoms with Crippen molar-refractivity contribution in [3.05, 3.63) is 48.5 Å². The second-order valence-corrected chi connectivity index (χ2v) is 7.10. The monoisotopic (exact) mass is 349 g/mol. The maximum Gasteiger partial charge on any atom is 0.248 e. The number of hydrogen-bond donors (Lipinski definition) is 1. The summed E-state index contributed by atoms with van der Waals surface area (Å²) in [5, 5.41) is 2.19. The van der Waals surface area contributed by atoms with Gasteiger partial charge in [-0.1, -0.05) is 36.4 Å². The summed E-state index contributed by atoms with van der Waals surface area (Å²) in [7, 11) is 0. The van der Waals surface area contributed by atoms with E-state index in [0.29, 0.717) is 0 Å². The first-order chi connectivity index (χ1) is 12.6. The number of hydrogen-bond acceptors (Lipinski definition) is 3. The molecular weight excluding hydrogens is 326 g/mol. The van der Waals surface area contributed by atoms with Crippen molar-refractivity contribution in [3.63, 3.8) is 0 Å². The number of primary amides is 1. The lowest BCUT2D eigenvalue weighted by Gasteiger charge is -2.34. The minimum absolute atomic E-state index is 0.0678. The van der Waals surface area contributed by atoms with Gasteiger partial charge in [0.1, 0.15) is 0 Å². The lowest BCUT2D eigenvalue weighted by Crippen LogP contribution is -2.47. The molecular formula is C21H23N3O2. The molecule has 4 rings (SSSR count). The number of para-hydroxylation sites is 2. The zero-order valence-corrected chi connectivity index (χ0v) is 14.9. The summed E-state index contributed by atoms with van der Waals surface area (Å²) in [6, 6.07) is 15.8. The van der Waals surface area contributed by atoms with Gasteiger partial charge in [0.15, 0.2) is 0 Å². The number of rotatable bonds is 3. The average Bonchev–Trinajstić information content (AvgIpc) is 3.01. The third-order valence-corrected chi connectivity index (χ3v) is 5.64. The Morgan fingerprint density at radius 2 is 1.46 bits per heavy atom. The van der Waals surface area contributed by atoms with Gasteiger partial charge in [0.05, 0.1) is 17.1 Å². The van der Waals surface area contributed by atoms with E-state index in [4.69, 9.17) is 5.73 Å². The zero-order chi connectivity index (χ0) is 18.3. The molecule has 0 radical (unpaired) electrons. The van der Waals surface area contributed by atoms with Gasteiger partial charge in [0, 0.05) is 16.7 Å². The van der Waals surface area contributed by atoms with Crippen LogP contribution >= 0.6 is 0 Å². The summed E-state index contributed by atoms with van der Waals surface area (Å²) in [6.45, 7) is 3.39. The molecule has 1 aromatic heterocycles. The van der Waals surface area contributed by atoms with Crippen LogP contribution in [-0.4, -0.2) is 40.4 Å². The molecule has 0 unspecified atom stereocenters. The van der Waals surface area contributed by atoms with Crippen LogP contribution in [0.15, 0.2) is 48.5 Å². The first kappa shape index (κ1) is 16.8. The fourth-order valence-electron chi connectivity index (χ4n) is 4.07. The third-order valence-electron chi connectivity index (χ3n) is 5.64. The Bertz CT molecular complexity index is 930. The fraction of sp³-hybridized carbons (Fsp3) is 0.333. The summed E-state index contributed by atoms with van der Waals surface area (Å²) in [5.74, 6) is -0.229. The number of aromatic nitrogens is 1. The maximum atomic E-state index is 13.4.